The van der Waals surface area contributed by atoms with Gasteiger partial charge in [0.25, 0.3) is 0 Å². The Morgan fingerprint density at radius 2 is 1.70 bits per heavy atom. The lowest BCUT2D eigenvalue weighted by Gasteiger charge is -2.24. The summed E-state index contributed by atoms with van der Waals surface area (Å²) in [6, 6.07) is 17.4. The molecule has 20 heavy (non-hydrogen) atoms. The van der Waals surface area contributed by atoms with Crippen LogP contribution in [0.3, 0.4) is 0 Å². The monoisotopic (exact) mass is 271 g/mol. The fourth-order valence-electron chi connectivity index (χ4n) is 2.02. The van der Waals surface area contributed by atoms with Crippen molar-refractivity contribution in [2.45, 2.75) is 18.9 Å². The molecule has 0 fully saturated rings. The van der Waals surface area contributed by atoms with Gasteiger partial charge in [-0.3, -0.25) is 0 Å². The summed E-state index contributed by atoms with van der Waals surface area (Å²) in [6.45, 7) is 2.61. The van der Waals surface area contributed by atoms with Crippen molar-refractivity contribution in [2.75, 3.05) is 13.2 Å². The van der Waals surface area contributed by atoms with Crippen LogP contribution in [-0.2, 0) is 12.0 Å². The molecule has 0 spiro atoms. The minimum Gasteiger partial charge on any atom is -0.490 e. The van der Waals surface area contributed by atoms with Crippen LogP contribution in [0.25, 0.3) is 0 Å². The molecule has 106 valence electrons. The first kappa shape index (κ1) is 14.6. The summed E-state index contributed by atoms with van der Waals surface area (Å²) in [4.78, 5) is 0. The molecule has 2 aromatic rings. The van der Waals surface area contributed by atoms with Gasteiger partial charge in [-0.05, 0) is 43.1 Å². The molecule has 0 aliphatic rings. The van der Waals surface area contributed by atoms with Crippen LogP contribution in [0.2, 0.25) is 0 Å². The van der Waals surface area contributed by atoms with E-state index in [1.165, 1.54) is 5.56 Å². The van der Waals surface area contributed by atoms with E-state index in [0.29, 0.717) is 6.54 Å². The largest absolute Gasteiger partial charge is 0.490 e. The molecule has 0 amide bonds. The third kappa shape index (κ3) is 3.83. The molecule has 0 saturated carbocycles. The van der Waals surface area contributed by atoms with Gasteiger partial charge in [-0.25, -0.2) is 0 Å². The Morgan fingerprint density at radius 3 is 2.30 bits per heavy atom. The van der Waals surface area contributed by atoms with E-state index in [9.17, 15) is 5.11 Å². The van der Waals surface area contributed by atoms with Gasteiger partial charge >= 0.3 is 0 Å². The maximum atomic E-state index is 10.4. The van der Waals surface area contributed by atoms with Gasteiger partial charge in [0.2, 0.25) is 0 Å². The van der Waals surface area contributed by atoms with Crippen molar-refractivity contribution in [3.63, 3.8) is 0 Å². The van der Waals surface area contributed by atoms with E-state index in [1.807, 2.05) is 54.6 Å². The Hall–Kier alpha value is -1.84. The maximum absolute atomic E-state index is 10.4. The quantitative estimate of drug-likeness (QED) is 0.848. The van der Waals surface area contributed by atoms with Gasteiger partial charge in [0.15, 0.2) is 0 Å². The van der Waals surface area contributed by atoms with Gasteiger partial charge in [-0.2, -0.15) is 0 Å². The van der Waals surface area contributed by atoms with Gasteiger partial charge in [0, 0.05) is 0 Å². The Morgan fingerprint density at radius 1 is 1.05 bits per heavy atom. The Balaban J connectivity index is 1.97. The van der Waals surface area contributed by atoms with Crippen LogP contribution < -0.4 is 10.5 Å². The molecular formula is C17H21NO2. The molecule has 3 heteroatoms. The van der Waals surface area contributed by atoms with E-state index in [0.717, 1.165) is 17.7 Å². The number of benzene rings is 2. The molecule has 3 N–H and O–H groups in total. The van der Waals surface area contributed by atoms with Crippen LogP contribution in [0.4, 0.5) is 0 Å². The fourth-order valence-corrected chi connectivity index (χ4v) is 2.02. The summed E-state index contributed by atoms with van der Waals surface area (Å²) in [5, 5.41) is 10.4. The van der Waals surface area contributed by atoms with Crippen molar-refractivity contribution in [1.82, 2.24) is 0 Å². The second-order valence-electron chi connectivity index (χ2n) is 5.11. The molecular weight excluding hydrogens is 250 g/mol. The third-order valence-electron chi connectivity index (χ3n) is 3.27. The minimum absolute atomic E-state index is 0.216. The van der Waals surface area contributed by atoms with Gasteiger partial charge in [-0.1, -0.05) is 42.5 Å². The SMILES string of the molecule is CC(O)(COc1ccc(CCN)cc1)c1ccccc1. The van der Waals surface area contributed by atoms with Gasteiger partial charge in [0.05, 0.1) is 0 Å². The van der Waals surface area contributed by atoms with Crippen molar-refractivity contribution in [2.24, 2.45) is 5.73 Å². The fraction of sp³-hybridized carbons (Fsp3) is 0.294. The topological polar surface area (TPSA) is 55.5 Å². The van der Waals surface area contributed by atoms with E-state index >= 15 is 0 Å². The Kier molecular flexibility index (Phi) is 4.77. The third-order valence-corrected chi connectivity index (χ3v) is 3.27. The lowest BCUT2D eigenvalue weighted by atomic mass is 9.97. The average molecular weight is 271 g/mol. The highest BCUT2D eigenvalue weighted by atomic mass is 16.5. The number of nitrogens with two attached hydrogens (primary N) is 1. The van der Waals surface area contributed by atoms with Crippen molar-refractivity contribution in [1.29, 1.82) is 0 Å². The van der Waals surface area contributed by atoms with Crippen LogP contribution in [0.15, 0.2) is 54.6 Å². The van der Waals surface area contributed by atoms with E-state index in [4.69, 9.17) is 10.5 Å². The van der Waals surface area contributed by atoms with Crippen LogP contribution in [0.1, 0.15) is 18.1 Å². The van der Waals surface area contributed by atoms with Gasteiger partial charge in [-0.15, -0.1) is 0 Å². The van der Waals surface area contributed by atoms with Crippen LogP contribution in [-0.4, -0.2) is 18.3 Å². The predicted octanol–water partition coefficient (Wildman–Crippen LogP) is 2.47. The summed E-state index contributed by atoms with van der Waals surface area (Å²) in [7, 11) is 0. The maximum Gasteiger partial charge on any atom is 0.121 e. The first-order valence-electron chi connectivity index (χ1n) is 6.81. The van der Waals surface area contributed by atoms with Crippen LogP contribution >= 0.6 is 0 Å². The number of ether oxygens (including phenoxy) is 1. The number of aliphatic hydroxyl groups is 1. The van der Waals surface area contributed by atoms with Crippen molar-refractivity contribution in [3.05, 3.63) is 65.7 Å². The summed E-state index contributed by atoms with van der Waals surface area (Å²) in [6.07, 6.45) is 0.863. The van der Waals surface area contributed by atoms with Crippen LogP contribution in [0.5, 0.6) is 5.75 Å². The summed E-state index contributed by atoms with van der Waals surface area (Å²) in [5.41, 5.74) is 6.55. The molecule has 1 unspecified atom stereocenters. The standard InChI is InChI=1S/C17H21NO2/c1-17(19,15-5-3-2-4-6-15)13-20-16-9-7-14(8-10-16)11-12-18/h2-10,19H,11-13,18H2,1H3. The van der Waals surface area contributed by atoms with E-state index in [2.05, 4.69) is 0 Å². The smallest absolute Gasteiger partial charge is 0.121 e. The molecule has 0 aliphatic carbocycles. The zero-order chi connectivity index (χ0) is 14.4. The molecule has 0 heterocycles. The molecule has 0 aromatic heterocycles. The molecule has 2 rings (SSSR count). The molecule has 0 bridgehead atoms. The van der Waals surface area contributed by atoms with E-state index < -0.39 is 5.60 Å². The normalized spacial score (nSPS) is 13.8. The van der Waals surface area contributed by atoms with Crippen molar-refractivity contribution in [3.8, 4) is 5.75 Å². The molecule has 3 nitrogen and oxygen atoms in total. The highest BCUT2D eigenvalue weighted by molar-refractivity contribution is 5.28. The zero-order valence-electron chi connectivity index (χ0n) is 11.8. The Labute approximate surface area is 120 Å². The number of rotatable bonds is 6. The lowest BCUT2D eigenvalue weighted by Crippen LogP contribution is -2.29. The second-order valence-corrected chi connectivity index (χ2v) is 5.11. The summed E-state index contributed by atoms with van der Waals surface area (Å²) >= 11 is 0. The summed E-state index contributed by atoms with van der Waals surface area (Å²) in [5.74, 6) is 0.752. The molecule has 2 aromatic carbocycles. The number of hydrogen-bond donors (Lipinski definition) is 2. The number of hydrogen-bond acceptors (Lipinski definition) is 3. The van der Waals surface area contributed by atoms with E-state index in [1.54, 1.807) is 6.92 Å². The molecule has 1 atom stereocenters. The highest BCUT2D eigenvalue weighted by Crippen LogP contribution is 2.22. The average Bonchev–Trinajstić information content (AvgIpc) is 2.48. The molecule has 0 radical (unpaired) electrons. The lowest BCUT2D eigenvalue weighted by molar-refractivity contribution is 0.00759. The molecule has 0 aliphatic heterocycles. The Bertz CT molecular complexity index is 520. The second kappa shape index (κ2) is 6.55. The predicted molar refractivity (Wildman–Crippen MR) is 80.7 cm³/mol. The van der Waals surface area contributed by atoms with Crippen LogP contribution in [0, 0.1) is 0 Å². The van der Waals surface area contributed by atoms with Crippen molar-refractivity contribution >= 4 is 0 Å². The highest BCUT2D eigenvalue weighted by Gasteiger charge is 2.23. The van der Waals surface area contributed by atoms with Gasteiger partial charge in [0.1, 0.15) is 18.0 Å². The van der Waals surface area contributed by atoms with E-state index in [-0.39, 0.29) is 6.61 Å². The zero-order valence-corrected chi connectivity index (χ0v) is 11.8. The molecule has 0 saturated heterocycles. The van der Waals surface area contributed by atoms with Crippen molar-refractivity contribution < 1.29 is 9.84 Å². The van der Waals surface area contributed by atoms with Gasteiger partial charge < -0.3 is 15.6 Å². The summed E-state index contributed by atoms with van der Waals surface area (Å²) < 4.78 is 5.68. The first-order valence-corrected chi connectivity index (χ1v) is 6.81. The minimum atomic E-state index is -1.00. The first-order chi connectivity index (χ1) is 9.62.